The van der Waals surface area contributed by atoms with Crippen LogP contribution in [0.3, 0.4) is 0 Å². The number of nitro groups is 1. The number of carbonyl (C=O) groups excluding carboxylic acids is 2. The number of nitro benzene ring substituents is 1. The number of carboxylic acids is 1. The number of hydrogen-bond acceptors (Lipinski definition) is 7. The number of hydrogen-bond donors (Lipinski definition) is 3. The Hall–Kier alpha value is -3.08. The second-order valence-electron chi connectivity index (χ2n) is 6.14. The molecule has 2 atom stereocenters. The first-order valence-corrected chi connectivity index (χ1v) is 8.89. The van der Waals surface area contributed by atoms with Gasteiger partial charge in [-0.05, 0) is 18.6 Å². The predicted octanol–water partition coefficient (Wildman–Crippen LogP) is 0.601. The molecule has 0 spiro atoms. The van der Waals surface area contributed by atoms with Crippen molar-refractivity contribution >= 4 is 35.2 Å². The number of nitrogens with zero attached hydrogens (tertiary/aromatic N) is 2. The topological polar surface area (TPSA) is 150 Å². The standard InChI is InChI=1S/C16H15N3O7S/c1-7-6-27-15-12(14(22)18(15)13(7)16(23)24)17-11(21)4-8-2-3-9(19(25)26)5-10(8)20/h2-3,5,12,15,20H,4,6H2,1H3,(H,17,21)(H,23,24)/t12-,15-/m1/s1. The molecule has 1 saturated heterocycles. The fraction of sp³-hybridized carbons (Fsp3) is 0.312. The van der Waals surface area contributed by atoms with E-state index in [1.165, 1.54) is 28.8 Å². The number of phenolic OH excluding ortho intramolecular Hbond substituents is 1. The zero-order valence-electron chi connectivity index (χ0n) is 14.0. The van der Waals surface area contributed by atoms with Crippen molar-refractivity contribution in [2.24, 2.45) is 0 Å². The molecule has 1 aromatic rings. The van der Waals surface area contributed by atoms with E-state index in [1.807, 2.05) is 0 Å². The minimum absolute atomic E-state index is 0.0535. The van der Waals surface area contributed by atoms with Gasteiger partial charge >= 0.3 is 5.97 Å². The van der Waals surface area contributed by atoms with Gasteiger partial charge in [-0.25, -0.2) is 4.79 Å². The molecule has 0 bridgehead atoms. The molecule has 10 nitrogen and oxygen atoms in total. The molecule has 2 aliphatic rings. The van der Waals surface area contributed by atoms with Crippen molar-refractivity contribution in [3.8, 4) is 5.75 Å². The quantitative estimate of drug-likeness (QED) is 0.374. The van der Waals surface area contributed by atoms with Gasteiger partial charge in [0, 0.05) is 17.4 Å². The van der Waals surface area contributed by atoms with Gasteiger partial charge < -0.3 is 15.5 Å². The summed E-state index contributed by atoms with van der Waals surface area (Å²) in [7, 11) is 0. The SMILES string of the molecule is CC1=C(C(=O)O)N2C(=O)[C@@H](NC(=O)Cc3ccc([N+](=O)[O-])cc3O)[C@H]2SC1. The van der Waals surface area contributed by atoms with Crippen molar-refractivity contribution < 1.29 is 29.5 Å². The third-order valence-electron chi connectivity index (χ3n) is 4.31. The highest BCUT2D eigenvalue weighted by Gasteiger charge is 2.53. The van der Waals surface area contributed by atoms with Crippen LogP contribution in [-0.4, -0.2) is 55.0 Å². The van der Waals surface area contributed by atoms with E-state index in [0.29, 0.717) is 11.3 Å². The fourth-order valence-electron chi connectivity index (χ4n) is 2.99. The number of carbonyl (C=O) groups is 3. The minimum Gasteiger partial charge on any atom is -0.507 e. The highest BCUT2D eigenvalue weighted by molar-refractivity contribution is 8.00. The van der Waals surface area contributed by atoms with Crippen LogP contribution < -0.4 is 5.32 Å². The number of aliphatic carboxylic acids is 1. The lowest BCUT2D eigenvalue weighted by Gasteiger charge is -2.49. The van der Waals surface area contributed by atoms with E-state index in [1.54, 1.807) is 6.92 Å². The maximum Gasteiger partial charge on any atom is 0.352 e. The summed E-state index contributed by atoms with van der Waals surface area (Å²) in [5, 5.41) is 31.8. The van der Waals surface area contributed by atoms with Crippen LogP contribution in [0.4, 0.5) is 5.69 Å². The van der Waals surface area contributed by atoms with E-state index in [4.69, 9.17) is 0 Å². The summed E-state index contributed by atoms with van der Waals surface area (Å²) in [6.07, 6.45) is -0.272. The average Bonchev–Trinajstić information content (AvgIpc) is 2.60. The molecule has 0 unspecified atom stereocenters. The van der Waals surface area contributed by atoms with Crippen LogP contribution in [-0.2, 0) is 20.8 Å². The molecular weight excluding hydrogens is 378 g/mol. The molecule has 3 N–H and O–H groups in total. The van der Waals surface area contributed by atoms with Crippen LogP contribution in [0.1, 0.15) is 12.5 Å². The maximum atomic E-state index is 12.3. The summed E-state index contributed by atoms with van der Waals surface area (Å²) in [5.41, 5.74) is 0.406. The molecule has 0 aromatic heterocycles. The fourth-order valence-corrected chi connectivity index (χ4v) is 4.28. The Kier molecular flexibility index (Phi) is 4.79. The van der Waals surface area contributed by atoms with Crippen molar-refractivity contribution in [3.63, 3.8) is 0 Å². The first-order chi connectivity index (χ1) is 12.7. The molecule has 2 amide bonds. The Morgan fingerprint density at radius 1 is 1.44 bits per heavy atom. The Bertz CT molecular complexity index is 898. The first kappa shape index (κ1) is 18.7. The van der Waals surface area contributed by atoms with Crippen LogP contribution in [0, 0.1) is 10.1 Å². The number of thioether (sulfide) groups is 1. The van der Waals surface area contributed by atoms with Crippen LogP contribution in [0.2, 0.25) is 0 Å². The Balaban J connectivity index is 1.67. The molecule has 1 aromatic carbocycles. The first-order valence-electron chi connectivity index (χ1n) is 7.84. The summed E-state index contributed by atoms with van der Waals surface area (Å²) >= 11 is 1.36. The van der Waals surface area contributed by atoms with E-state index >= 15 is 0 Å². The third kappa shape index (κ3) is 3.33. The zero-order chi connectivity index (χ0) is 19.9. The van der Waals surface area contributed by atoms with Gasteiger partial charge in [0.2, 0.25) is 5.91 Å². The number of phenols is 1. The Labute approximate surface area is 157 Å². The lowest BCUT2D eigenvalue weighted by atomic mass is 10.0. The number of non-ortho nitro benzene ring substituents is 1. The van der Waals surface area contributed by atoms with Crippen molar-refractivity contribution in [1.29, 1.82) is 0 Å². The minimum atomic E-state index is -1.19. The predicted molar refractivity (Wildman–Crippen MR) is 93.8 cm³/mol. The number of benzene rings is 1. The van der Waals surface area contributed by atoms with Gasteiger partial charge in [-0.2, -0.15) is 0 Å². The lowest BCUT2D eigenvalue weighted by molar-refractivity contribution is -0.384. The average molecular weight is 393 g/mol. The number of rotatable bonds is 5. The summed E-state index contributed by atoms with van der Waals surface area (Å²) in [6.45, 7) is 1.64. The zero-order valence-corrected chi connectivity index (χ0v) is 14.9. The normalized spacial score (nSPS) is 21.4. The van der Waals surface area contributed by atoms with Gasteiger partial charge in [-0.1, -0.05) is 0 Å². The van der Waals surface area contributed by atoms with Crippen molar-refractivity contribution in [2.45, 2.75) is 24.8 Å². The number of β-lactam (4-membered cyclic amide) rings is 1. The Morgan fingerprint density at radius 3 is 2.74 bits per heavy atom. The number of aromatic hydroxyl groups is 1. The van der Waals surface area contributed by atoms with Gasteiger partial charge in [-0.3, -0.25) is 24.6 Å². The van der Waals surface area contributed by atoms with E-state index in [2.05, 4.69) is 5.32 Å². The van der Waals surface area contributed by atoms with Crippen LogP contribution >= 0.6 is 11.8 Å². The molecule has 0 saturated carbocycles. The number of carboxylic acid groups (broad SMARTS) is 1. The molecule has 11 heteroatoms. The number of nitrogens with one attached hydrogen (secondary N) is 1. The molecule has 2 aliphatic heterocycles. The van der Waals surface area contributed by atoms with Gasteiger partial charge in [0.15, 0.2) is 0 Å². The van der Waals surface area contributed by atoms with E-state index in [9.17, 15) is 34.7 Å². The molecular formula is C16H15N3O7S. The van der Waals surface area contributed by atoms with Crippen LogP contribution in [0.25, 0.3) is 0 Å². The summed E-state index contributed by atoms with van der Waals surface area (Å²) in [5.74, 6) is -2.21. The highest BCUT2D eigenvalue weighted by atomic mass is 32.2. The van der Waals surface area contributed by atoms with Crippen molar-refractivity contribution in [3.05, 3.63) is 45.1 Å². The largest absolute Gasteiger partial charge is 0.507 e. The van der Waals surface area contributed by atoms with Gasteiger partial charge in [0.25, 0.3) is 11.6 Å². The lowest BCUT2D eigenvalue weighted by Crippen LogP contribution is -2.70. The van der Waals surface area contributed by atoms with Crippen LogP contribution in [0.5, 0.6) is 5.75 Å². The number of amides is 2. The van der Waals surface area contributed by atoms with Crippen LogP contribution in [0.15, 0.2) is 29.5 Å². The molecule has 3 rings (SSSR count). The summed E-state index contributed by atoms with van der Waals surface area (Å²) in [6, 6.07) is 2.53. The molecule has 27 heavy (non-hydrogen) atoms. The second-order valence-corrected chi connectivity index (χ2v) is 7.24. The second kappa shape index (κ2) is 6.91. The highest BCUT2D eigenvalue weighted by Crippen LogP contribution is 2.40. The van der Waals surface area contributed by atoms with Gasteiger partial charge in [0.1, 0.15) is 22.9 Å². The van der Waals surface area contributed by atoms with Gasteiger partial charge in [0.05, 0.1) is 17.4 Å². The third-order valence-corrected chi connectivity index (χ3v) is 5.73. The monoisotopic (exact) mass is 393 g/mol. The van der Waals surface area contributed by atoms with Gasteiger partial charge in [-0.15, -0.1) is 11.8 Å². The number of fused-ring (bicyclic) bond motifs is 1. The maximum absolute atomic E-state index is 12.3. The summed E-state index contributed by atoms with van der Waals surface area (Å²) in [4.78, 5) is 47.1. The summed E-state index contributed by atoms with van der Waals surface area (Å²) < 4.78 is 0. The molecule has 0 aliphatic carbocycles. The van der Waals surface area contributed by atoms with Crippen molar-refractivity contribution in [1.82, 2.24) is 10.2 Å². The molecule has 1 fully saturated rings. The van der Waals surface area contributed by atoms with E-state index < -0.39 is 34.1 Å². The smallest absolute Gasteiger partial charge is 0.352 e. The van der Waals surface area contributed by atoms with E-state index in [-0.39, 0.29) is 29.1 Å². The molecule has 0 radical (unpaired) electrons. The van der Waals surface area contributed by atoms with E-state index in [0.717, 1.165) is 6.07 Å². The molecule has 2 heterocycles. The molecule has 142 valence electrons. The Morgan fingerprint density at radius 2 is 2.15 bits per heavy atom. The van der Waals surface area contributed by atoms with Crippen molar-refractivity contribution in [2.75, 3.05) is 5.75 Å².